The first-order chi connectivity index (χ1) is 17.4. The van der Waals surface area contributed by atoms with Crippen LogP contribution in [0, 0.1) is 0 Å². The second-order valence-corrected chi connectivity index (χ2v) is 8.47. The van der Waals surface area contributed by atoms with E-state index in [1.807, 2.05) is 48.5 Å². The summed E-state index contributed by atoms with van der Waals surface area (Å²) in [6.07, 6.45) is -2.85. The van der Waals surface area contributed by atoms with Gasteiger partial charge in [0.2, 0.25) is 0 Å². The standard InChI is InChI=1S/C29H22F3N3O/c30-29(31,32)21-14-12-20(13-15-21)23-5-1-2-6-24(23)28(36)33-22-16-9-19(10-17-22)11-18-27-34-25-7-3-4-8-26(25)35-27/h1-10,12-17H,11,18H2,(H,33,36)(H,34,35). The third kappa shape index (κ3) is 5.15. The van der Waals surface area contributed by atoms with Crippen molar-refractivity contribution in [2.45, 2.75) is 19.0 Å². The molecule has 0 aliphatic carbocycles. The average molecular weight is 486 g/mol. The number of nitrogens with one attached hydrogen (secondary N) is 2. The molecule has 0 saturated heterocycles. The van der Waals surface area contributed by atoms with Gasteiger partial charge in [0, 0.05) is 17.7 Å². The summed E-state index contributed by atoms with van der Waals surface area (Å²) in [5.74, 6) is 0.592. The molecule has 0 bridgehead atoms. The molecule has 180 valence electrons. The molecule has 0 aliphatic heterocycles. The number of carbonyl (C=O) groups is 1. The average Bonchev–Trinajstić information content (AvgIpc) is 3.31. The molecule has 1 aromatic heterocycles. The zero-order valence-electron chi connectivity index (χ0n) is 19.1. The Balaban J connectivity index is 1.26. The number of aromatic amines is 1. The normalized spacial score (nSPS) is 11.5. The fraction of sp³-hybridized carbons (Fsp3) is 0.103. The van der Waals surface area contributed by atoms with E-state index >= 15 is 0 Å². The molecule has 4 aromatic carbocycles. The molecule has 0 aliphatic rings. The molecule has 4 nitrogen and oxygen atoms in total. The molecule has 5 aromatic rings. The van der Waals surface area contributed by atoms with E-state index in [9.17, 15) is 18.0 Å². The van der Waals surface area contributed by atoms with E-state index in [0.29, 0.717) is 22.4 Å². The van der Waals surface area contributed by atoms with Crippen LogP contribution in [-0.2, 0) is 19.0 Å². The van der Waals surface area contributed by atoms with E-state index in [1.54, 1.807) is 24.3 Å². The van der Waals surface area contributed by atoms with Gasteiger partial charge < -0.3 is 10.3 Å². The third-order valence-corrected chi connectivity index (χ3v) is 6.00. The molecule has 0 unspecified atom stereocenters. The molecule has 0 saturated carbocycles. The first-order valence-electron chi connectivity index (χ1n) is 11.5. The van der Waals surface area contributed by atoms with Crippen LogP contribution >= 0.6 is 0 Å². The highest BCUT2D eigenvalue weighted by atomic mass is 19.4. The Morgan fingerprint density at radius 2 is 1.50 bits per heavy atom. The van der Waals surface area contributed by atoms with Crippen LogP contribution in [0.2, 0.25) is 0 Å². The SMILES string of the molecule is O=C(Nc1ccc(CCc2nc3ccccc3[nH]2)cc1)c1ccccc1-c1ccc(C(F)(F)F)cc1. The molecule has 2 N–H and O–H groups in total. The van der Waals surface area contributed by atoms with Crippen molar-refractivity contribution in [3.63, 3.8) is 0 Å². The van der Waals surface area contributed by atoms with Gasteiger partial charge in [0.05, 0.1) is 16.6 Å². The number of imidazole rings is 1. The number of amides is 1. The molecule has 0 atom stereocenters. The second-order valence-electron chi connectivity index (χ2n) is 8.47. The van der Waals surface area contributed by atoms with Gasteiger partial charge in [-0.3, -0.25) is 4.79 Å². The minimum atomic E-state index is -4.41. The number of anilines is 1. The van der Waals surface area contributed by atoms with Crippen LogP contribution in [0.3, 0.4) is 0 Å². The third-order valence-electron chi connectivity index (χ3n) is 6.00. The van der Waals surface area contributed by atoms with E-state index < -0.39 is 11.7 Å². The van der Waals surface area contributed by atoms with Gasteiger partial charge in [0.15, 0.2) is 0 Å². The summed E-state index contributed by atoms with van der Waals surface area (Å²) in [7, 11) is 0. The van der Waals surface area contributed by atoms with E-state index in [4.69, 9.17) is 0 Å². The molecule has 0 fully saturated rings. The quantitative estimate of drug-likeness (QED) is 0.265. The monoisotopic (exact) mass is 485 g/mol. The van der Waals surface area contributed by atoms with Crippen molar-refractivity contribution < 1.29 is 18.0 Å². The number of carbonyl (C=O) groups excluding carboxylic acids is 1. The summed E-state index contributed by atoms with van der Waals surface area (Å²) in [4.78, 5) is 20.9. The van der Waals surface area contributed by atoms with Crippen LogP contribution < -0.4 is 5.32 Å². The number of alkyl halides is 3. The number of aryl methyl sites for hydroxylation is 2. The lowest BCUT2D eigenvalue weighted by Gasteiger charge is -2.12. The van der Waals surface area contributed by atoms with Gasteiger partial charge in [0.1, 0.15) is 5.82 Å². The van der Waals surface area contributed by atoms with Crippen LogP contribution in [0.5, 0.6) is 0 Å². The van der Waals surface area contributed by atoms with Gasteiger partial charge in [-0.2, -0.15) is 13.2 Å². The van der Waals surface area contributed by atoms with Crippen LogP contribution in [0.25, 0.3) is 22.2 Å². The molecule has 36 heavy (non-hydrogen) atoms. The Hall–Kier alpha value is -4.39. The van der Waals surface area contributed by atoms with Gasteiger partial charge in [-0.15, -0.1) is 0 Å². The smallest absolute Gasteiger partial charge is 0.342 e. The Kier molecular flexibility index (Phi) is 6.29. The number of rotatable bonds is 6. The predicted octanol–water partition coefficient (Wildman–Crippen LogP) is 7.29. The predicted molar refractivity (Wildman–Crippen MR) is 135 cm³/mol. The van der Waals surface area contributed by atoms with Crippen LogP contribution in [0.1, 0.15) is 27.3 Å². The number of aromatic nitrogens is 2. The van der Waals surface area contributed by atoms with Gasteiger partial charge >= 0.3 is 6.18 Å². The second kappa shape index (κ2) is 9.70. The lowest BCUT2D eigenvalue weighted by Crippen LogP contribution is -2.13. The van der Waals surface area contributed by atoms with Gasteiger partial charge in [0.25, 0.3) is 5.91 Å². The van der Waals surface area contributed by atoms with Crippen molar-refractivity contribution in [3.8, 4) is 11.1 Å². The maximum Gasteiger partial charge on any atom is 0.416 e. The fourth-order valence-corrected chi connectivity index (χ4v) is 4.11. The maximum absolute atomic E-state index is 13.0. The van der Waals surface area contributed by atoms with Crippen molar-refractivity contribution >= 4 is 22.6 Å². The van der Waals surface area contributed by atoms with Crippen LogP contribution in [-0.4, -0.2) is 15.9 Å². The zero-order valence-corrected chi connectivity index (χ0v) is 19.1. The minimum Gasteiger partial charge on any atom is -0.342 e. The molecular formula is C29H22F3N3O. The number of fused-ring (bicyclic) bond motifs is 1. The summed E-state index contributed by atoms with van der Waals surface area (Å²) in [5, 5.41) is 2.89. The lowest BCUT2D eigenvalue weighted by atomic mass is 9.98. The molecule has 5 rings (SSSR count). The molecule has 0 radical (unpaired) electrons. The Labute approximate surface area is 205 Å². The summed E-state index contributed by atoms with van der Waals surface area (Å²) in [6, 6.07) is 27.2. The summed E-state index contributed by atoms with van der Waals surface area (Å²) < 4.78 is 38.7. The fourth-order valence-electron chi connectivity index (χ4n) is 4.11. The first kappa shape index (κ1) is 23.4. The summed E-state index contributed by atoms with van der Waals surface area (Å²) in [6.45, 7) is 0. The van der Waals surface area contributed by atoms with Crippen molar-refractivity contribution in [1.82, 2.24) is 9.97 Å². The largest absolute Gasteiger partial charge is 0.416 e. The van der Waals surface area contributed by atoms with Gasteiger partial charge in [-0.05, 0) is 65.6 Å². The Bertz CT molecular complexity index is 1470. The number of hydrogen-bond donors (Lipinski definition) is 2. The van der Waals surface area contributed by atoms with Crippen molar-refractivity contribution in [2.24, 2.45) is 0 Å². The first-order valence-corrected chi connectivity index (χ1v) is 11.5. The van der Waals surface area contributed by atoms with Crippen molar-refractivity contribution in [2.75, 3.05) is 5.32 Å². The number of nitrogens with zero attached hydrogens (tertiary/aromatic N) is 1. The van der Waals surface area contributed by atoms with E-state index in [-0.39, 0.29) is 5.91 Å². The topological polar surface area (TPSA) is 57.8 Å². The highest BCUT2D eigenvalue weighted by Crippen LogP contribution is 2.32. The van der Waals surface area contributed by atoms with E-state index in [0.717, 1.165) is 47.4 Å². The number of halogens is 3. The Morgan fingerprint density at radius 3 is 2.22 bits per heavy atom. The Morgan fingerprint density at radius 1 is 0.806 bits per heavy atom. The number of hydrogen-bond acceptors (Lipinski definition) is 2. The number of para-hydroxylation sites is 2. The highest BCUT2D eigenvalue weighted by molar-refractivity contribution is 6.08. The lowest BCUT2D eigenvalue weighted by molar-refractivity contribution is -0.137. The number of H-pyrrole nitrogens is 1. The molecular weight excluding hydrogens is 463 g/mol. The summed E-state index contributed by atoms with van der Waals surface area (Å²) >= 11 is 0. The summed E-state index contributed by atoms with van der Waals surface area (Å²) in [5.41, 5.74) is 4.46. The molecule has 7 heteroatoms. The van der Waals surface area contributed by atoms with Crippen molar-refractivity contribution in [3.05, 3.63) is 120 Å². The van der Waals surface area contributed by atoms with E-state index in [2.05, 4.69) is 15.3 Å². The molecule has 1 amide bonds. The van der Waals surface area contributed by atoms with Gasteiger partial charge in [-0.25, -0.2) is 4.98 Å². The van der Waals surface area contributed by atoms with Crippen LogP contribution in [0.4, 0.5) is 18.9 Å². The molecule has 1 heterocycles. The minimum absolute atomic E-state index is 0.333. The number of benzene rings is 4. The maximum atomic E-state index is 13.0. The zero-order chi connectivity index (χ0) is 25.1. The van der Waals surface area contributed by atoms with E-state index in [1.165, 1.54) is 12.1 Å². The van der Waals surface area contributed by atoms with Gasteiger partial charge in [-0.1, -0.05) is 54.6 Å². The van der Waals surface area contributed by atoms with Crippen molar-refractivity contribution in [1.29, 1.82) is 0 Å². The molecule has 0 spiro atoms. The highest BCUT2D eigenvalue weighted by Gasteiger charge is 2.30. The van der Waals surface area contributed by atoms with Crippen LogP contribution in [0.15, 0.2) is 97.1 Å².